The Morgan fingerprint density at radius 3 is 2.94 bits per heavy atom. The largest absolute Gasteiger partial charge is 0.349 e. The van der Waals surface area contributed by atoms with Gasteiger partial charge in [0.2, 0.25) is 5.91 Å². The van der Waals surface area contributed by atoms with Crippen molar-refractivity contribution in [3.63, 3.8) is 0 Å². The average Bonchev–Trinajstić information content (AvgIpc) is 2.85. The van der Waals surface area contributed by atoms with Gasteiger partial charge in [0.1, 0.15) is 10.9 Å². The van der Waals surface area contributed by atoms with E-state index in [0.29, 0.717) is 6.54 Å². The van der Waals surface area contributed by atoms with Gasteiger partial charge in [0.25, 0.3) is 0 Å². The number of carbonyl (C=O) groups excluding carboxylic acids is 1. The molecule has 0 saturated heterocycles. The Morgan fingerprint density at radius 1 is 1.44 bits per heavy atom. The van der Waals surface area contributed by atoms with Gasteiger partial charge in [-0.25, -0.2) is 4.98 Å². The summed E-state index contributed by atoms with van der Waals surface area (Å²) in [6.07, 6.45) is 0. The smallest absolute Gasteiger partial charge is 0.235 e. The fourth-order valence-electron chi connectivity index (χ4n) is 1.56. The number of hydrogen-bond acceptors (Lipinski definition) is 3. The highest BCUT2D eigenvalue weighted by molar-refractivity contribution is 7.13. The van der Waals surface area contributed by atoms with Gasteiger partial charge in [0.15, 0.2) is 0 Å². The molecule has 1 heterocycles. The van der Waals surface area contributed by atoms with Crippen LogP contribution in [0, 0.1) is 6.92 Å². The second kappa shape index (κ2) is 5.98. The number of benzene rings is 1. The first kappa shape index (κ1) is 13.1. The van der Waals surface area contributed by atoms with Gasteiger partial charge in [0, 0.05) is 10.9 Å². The normalized spacial score (nSPS) is 10.3. The van der Waals surface area contributed by atoms with Crippen LogP contribution in [0.2, 0.25) is 0 Å². The van der Waals surface area contributed by atoms with E-state index in [1.165, 1.54) is 5.56 Å². The number of hydrogen-bond donors (Lipinski definition) is 1. The van der Waals surface area contributed by atoms with E-state index in [9.17, 15) is 4.79 Å². The molecule has 3 nitrogen and oxygen atoms in total. The number of halogens is 1. The van der Waals surface area contributed by atoms with Gasteiger partial charge < -0.3 is 5.32 Å². The second-order valence-corrected chi connectivity index (χ2v) is 4.99. The maximum atomic E-state index is 11.0. The number of amides is 1. The van der Waals surface area contributed by atoms with Crippen molar-refractivity contribution in [1.29, 1.82) is 0 Å². The predicted molar refractivity (Wildman–Crippen MR) is 74.9 cm³/mol. The van der Waals surface area contributed by atoms with Crippen LogP contribution in [0.15, 0.2) is 29.6 Å². The molecule has 0 bridgehead atoms. The van der Waals surface area contributed by atoms with E-state index in [4.69, 9.17) is 11.6 Å². The van der Waals surface area contributed by atoms with Crippen LogP contribution in [0.3, 0.4) is 0 Å². The molecule has 18 heavy (non-hydrogen) atoms. The molecule has 0 radical (unpaired) electrons. The Kier molecular flexibility index (Phi) is 4.33. The molecule has 2 aromatic rings. The maximum Gasteiger partial charge on any atom is 0.235 e. The van der Waals surface area contributed by atoms with Crippen LogP contribution in [0.25, 0.3) is 10.6 Å². The van der Waals surface area contributed by atoms with Crippen molar-refractivity contribution in [3.05, 3.63) is 40.9 Å². The quantitative estimate of drug-likeness (QED) is 0.875. The topological polar surface area (TPSA) is 42.0 Å². The Balaban J connectivity index is 2.11. The summed E-state index contributed by atoms with van der Waals surface area (Å²) in [5.74, 6) is -0.198. The SMILES string of the molecule is Cc1ccccc1-c1nc(CNC(=O)CCl)cs1. The van der Waals surface area contributed by atoms with Crippen LogP contribution in [0.4, 0.5) is 0 Å². The number of carbonyl (C=O) groups is 1. The Bertz CT molecular complexity index is 553. The van der Waals surface area contributed by atoms with Crippen molar-refractivity contribution < 1.29 is 4.79 Å². The first-order chi connectivity index (χ1) is 8.70. The fraction of sp³-hybridized carbons (Fsp3) is 0.231. The summed E-state index contributed by atoms with van der Waals surface area (Å²) in [6, 6.07) is 8.12. The zero-order valence-electron chi connectivity index (χ0n) is 9.94. The highest BCUT2D eigenvalue weighted by atomic mass is 35.5. The summed E-state index contributed by atoms with van der Waals surface area (Å²) < 4.78 is 0. The molecular formula is C13H13ClN2OS. The molecule has 0 spiro atoms. The molecule has 94 valence electrons. The van der Waals surface area contributed by atoms with E-state index >= 15 is 0 Å². The summed E-state index contributed by atoms with van der Waals surface area (Å²) in [5.41, 5.74) is 3.19. The van der Waals surface area contributed by atoms with E-state index in [0.717, 1.165) is 16.3 Å². The Morgan fingerprint density at radius 2 is 2.22 bits per heavy atom. The summed E-state index contributed by atoms with van der Waals surface area (Å²) in [6.45, 7) is 2.49. The molecule has 0 aliphatic carbocycles. The third-order valence-electron chi connectivity index (χ3n) is 2.52. The lowest BCUT2D eigenvalue weighted by Gasteiger charge is -2.01. The first-order valence-electron chi connectivity index (χ1n) is 5.54. The van der Waals surface area contributed by atoms with Crippen molar-refractivity contribution in [1.82, 2.24) is 10.3 Å². The van der Waals surface area contributed by atoms with Crippen molar-refractivity contribution >= 4 is 28.8 Å². The van der Waals surface area contributed by atoms with Crippen molar-refractivity contribution in [2.45, 2.75) is 13.5 Å². The van der Waals surface area contributed by atoms with E-state index < -0.39 is 0 Å². The lowest BCUT2D eigenvalue weighted by molar-refractivity contribution is -0.118. The third kappa shape index (κ3) is 3.09. The molecule has 0 saturated carbocycles. The van der Waals surface area contributed by atoms with Gasteiger partial charge in [-0.05, 0) is 12.5 Å². The predicted octanol–water partition coefficient (Wildman–Crippen LogP) is 2.97. The van der Waals surface area contributed by atoms with Crippen molar-refractivity contribution in [3.8, 4) is 10.6 Å². The number of thiazole rings is 1. The Labute approximate surface area is 115 Å². The summed E-state index contributed by atoms with van der Waals surface area (Å²) in [5, 5.41) is 5.63. The first-order valence-corrected chi connectivity index (χ1v) is 6.95. The van der Waals surface area contributed by atoms with Gasteiger partial charge in [-0.1, -0.05) is 24.3 Å². The number of nitrogens with zero attached hydrogens (tertiary/aromatic N) is 1. The monoisotopic (exact) mass is 280 g/mol. The van der Waals surface area contributed by atoms with Crippen LogP contribution in [0.5, 0.6) is 0 Å². The molecule has 5 heteroatoms. The molecule has 1 amide bonds. The molecular weight excluding hydrogens is 268 g/mol. The van der Waals surface area contributed by atoms with E-state index in [-0.39, 0.29) is 11.8 Å². The van der Waals surface area contributed by atoms with E-state index in [2.05, 4.69) is 29.4 Å². The van der Waals surface area contributed by atoms with Gasteiger partial charge in [0.05, 0.1) is 12.2 Å². The van der Waals surface area contributed by atoms with E-state index in [1.807, 2.05) is 17.5 Å². The number of alkyl halides is 1. The van der Waals surface area contributed by atoms with Crippen LogP contribution in [-0.4, -0.2) is 16.8 Å². The number of aromatic nitrogens is 1. The third-order valence-corrected chi connectivity index (χ3v) is 3.68. The maximum absolute atomic E-state index is 11.0. The van der Waals surface area contributed by atoms with Gasteiger partial charge in [-0.3, -0.25) is 4.79 Å². The van der Waals surface area contributed by atoms with Crippen LogP contribution < -0.4 is 5.32 Å². The minimum atomic E-state index is -0.179. The summed E-state index contributed by atoms with van der Waals surface area (Å²) in [7, 11) is 0. The van der Waals surface area contributed by atoms with Gasteiger partial charge >= 0.3 is 0 Å². The Hall–Kier alpha value is -1.39. The van der Waals surface area contributed by atoms with Gasteiger partial charge in [-0.15, -0.1) is 22.9 Å². The highest BCUT2D eigenvalue weighted by Gasteiger charge is 2.07. The minimum absolute atomic E-state index is 0.0191. The molecule has 1 aromatic heterocycles. The van der Waals surface area contributed by atoms with Crippen LogP contribution in [-0.2, 0) is 11.3 Å². The molecule has 0 aliphatic rings. The molecule has 2 rings (SSSR count). The van der Waals surface area contributed by atoms with Crippen LogP contribution >= 0.6 is 22.9 Å². The second-order valence-electron chi connectivity index (χ2n) is 3.87. The lowest BCUT2D eigenvalue weighted by Crippen LogP contribution is -2.23. The molecule has 0 aliphatic heterocycles. The van der Waals surface area contributed by atoms with E-state index in [1.54, 1.807) is 11.3 Å². The minimum Gasteiger partial charge on any atom is -0.349 e. The number of aryl methyl sites for hydroxylation is 1. The average molecular weight is 281 g/mol. The highest BCUT2D eigenvalue weighted by Crippen LogP contribution is 2.26. The lowest BCUT2D eigenvalue weighted by atomic mass is 10.1. The molecule has 0 unspecified atom stereocenters. The van der Waals surface area contributed by atoms with Crippen LogP contribution in [0.1, 0.15) is 11.3 Å². The van der Waals surface area contributed by atoms with Crippen molar-refractivity contribution in [2.24, 2.45) is 0 Å². The summed E-state index contributed by atoms with van der Waals surface area (Å²) in [4.78, 5) is 15.6. The number of nitrogens with one attached hydrogen (secondary N) is 1. The standard InChI is InChI=1S/C13H13ClN2OS/c1-9-4-2-3-5-11(9)13-16-10(8-18-13)7-15-12(17)6-14/h2-5,8H,6-7H2,1H3,(H,15,17). The molecule has 1 aromatic carbocycles. The van der Waals surface area contributed by atoms with Crippen molar-refractivity contribution in [2.75, 3.05) is 5.88 Å². The molecule has 0 atom stereocenters. The zero-order chi connectivity index (χ0) is 13.0. The zero-order valence-corrected chi connectivity index (χ0v) is 11.5. The molecule has 1 N–H and O–H groups in total. The molecule has 0 fully saturated rings. The fourth-order valence-corrected chi connectivity index (χ4v) is 2.57. The summed E-state index contributed by atoms with van der Waals surface area (Å²) >= 11 is 6.99. The number of rotatable bonds is 4. The van der Waals surface area contributed by atoms with Gasteiger partial charge in [-0.2, -0.15) is 0 Å².